The molecule has 98 valence electrons. The molecule has 3 nitrogen and oxygen atoms in total. The summed E-state index contributed by atoms with van der Waals surface area (Å²) in [6.45, 7) is 4.70. The van der Waals surface area contributed by atoms with Crippen LogP contribution in [-0.4, -0.2) is 12.6 Å². The van der Waals surface area contributed by atoms with Crippen molar-refractivity contribution < 1.29 is 4.79 Å². The molecule has 0 saturated heterocycles. The van der Waals surface area contributed by atoms with E-state index in [0.29, 0.717) is 12.5 Å². The molecule has 2 N–H and O–H groups in total. The Hall–Kier alpha value is -1.48. The maximum atomic E-state index is 11.4. The summed E-state index contributed by atoms with van der Waals surface area (Å²) < 4.78 is 0. The van der Waals surface area contributed by atoms with Gasteiger partial charge in [-0.25, -0.2) is 4.79 Å². The Morgan fingerprint density at radius 2 is 2.00 bits per heavy atom. The third-order valence-corrected chi connectivity index (χ3v) is 2.56. The Labute approximate surface area is 113 Å². The van der Waals surface area contributed by atoms with Gasteiger partial charge in [0.15, 0.2) is 0 Å². The number of hydrogen-bond acceptors (Lipinski definition) is 1. The highest BCUT2D eigenvalue weighted by Gasteiger charge is 1.97. The Morgan fingerprint density at radius 3 is 2.61 bits per heavy atom. The van der Waals surface area contributed by atoms with E-state index >= 15 is 0 Å². The highest BCUT2D eigenvalue weighted by molar-refractivity contribution is 6.30. The lowest BCUT2D eigenvalue weighted by molar-refractivity contribution is 0.244. The minimum atomic E-state index is -0.180. The van der Waals surface area contributed by atoms with Crippen LogP contribution in [0.5, 0.6) is 0 Å². The lowest BCUT2D eigenvalue weighted by atomic mass is 10.1. The fraction of sp³-hybridized carbons (Fsp3) is 0.357. The predicted octanol–water partition coefficient (Wildman–Crippen LogP) is 3.35. The van der Waals surface area contributed by atoms with Crippen molar-refractivity contribution in [3.8, 4) is 0 Å². The van der Waals surface area contributed by atoms with Gasteiger partial charge in [0, 0.05) is 17.8 Å². The number of rotatable bonds is 5. The Balaban J connectivity index is 2.21. The van der Waals surface area contributed by atoms with Crippen molar-refractivity contribution in [2.24, 2.45) is 5.92 Å². The van der Waals surface area contributed by atoms with Crippen LogP contribution in [0.1, 0.15) is 19.4 Å². The van der Waals surface area contributed by atoms with E-state index in [4.69, 9.17) is 11.6 Å². The Kier molecular flexibility index (Phi) is 6.29. The fourth-order valence-corrected chi connectivity index (χ4v) is 1.46. The predicted molar refractivity (Wildman–Crippen MR) is 75.7 cm³/mol. The van der Waals surface area contributed by atoms with Gasteiger partial charge >= 0.3 is 6.03 Å². The second kappa shape index (κ2) is 7.77. The SMILES string of the molecule is CC(C)/C=C/NC(=O)NCCc1ccc(Cl)cc1. The Morgan fingerprint density at radius 1 is 1.33 bits per heavy atom. The molecule has 2 amide bonds. The number of nitrogens with one attached hydrogen (secondary N) is 2. The van der Waals surface area contributed by atoms with E-state index in [2.05, 4.69) is 24.5 Å². The van der Waals surface area contributed by atoms with E-state index in [1.54, 1.807) is 6.20 Å². The third-order valence-electron chi connectivity index (χ3n) is 2.31. The minimum absolute atomic E-state index is 0.180. The molecule has 0 aliphatic rings. The first kappa shape index (κ1) is 14.6. The van der Waals surface area contributed by atoms with Crippen LogP contribution in [0.4, 0.5) is 4.79 Å². The molecule has 0 aromatic heterocycles. The van der Waals surface area contributed by atoms with Crippen LogP contribution in [-0.2, 0) is 6.42 Å². The number of hydrogen-bond donors (Lipinski definition) is 2. The van der Waals surface area contributed by atoms with Crippen molar-refractivity contribution in [2.75, 3.05) is 6.54 Å². The summed E-state index contributed by atoms with van der Waals surface area (Å²) in [5, 5.41) is 6.17. The molecule has 1 aromatic carbocycles. The van der Waals surface area contributed by atoms with Gasteiger partial charge in [0.2, 0.25) is 0 Å². The summed E-state index contributed by atoms with van der Waals surface area (Å²) >= 11 is 5.79. The molecule has 4 heteroatoms. The highest BCUT2D eigenvalue weighted by atomic mass is 35.5. The smallest absolute Gasteiger partial charge is 0.318 e. The van der Waals surface area contributed by atoms with Gasteiger partial charge in [0.05, 0.1) is 0 Å². The number of urea groups is 1. The van der Waals surface area contributed by atoms with Gasteiger partial charge in [-0.15, -0.1) is 0 Å². The van der Waals surface area contributed by atoms with Gasteiger partial charge in [-0.1, -0.05) is 43.7 Å². The van der Waals surface area contributed by atoms with Crippen molar-refractivity contribution in [3.05, 3.63) is 47.1 Å². The molecule has 0 fully saturated rings. The largest absolute Gasteiger partial charge is 0.338 e. The van der Waals surface area contributed by atoms with E-state index in [0.717, 1.165) is 17.0 Å². The van der Waals surface area contributed by atoms with E-state index in [-0.39, 0.29) is 6.03 Å². The number of carbonyl (C=O) groups is 1. The molecule has 0 atom stereocenters. The maximum absolute atomic E-state index is 11.4. The first-order valence-electron chi connectivity index (χ1n) is 6.03. The number of allylic oxidation sites excluding steroid dienone is 1. The topological polar surface area (TPSA) is 41.1 Å². The van der Waals surface area contributed by atoms with Gasteiger partial charge in [-0.05, 0) is 30.0 Å². The number of carbonyl (C=O) groups excluding carboxylic acids is 1. The van der Waals surface area contributed by atoms with Gasteiger partial charge in [-0.2, -0.15) is 0 Å². The lowest BCUT2D eigenvalue weighted by Crippen LogP contribution is -2.33. The summed E-state index contributed by atoms with van der Waals surface area (Å²) in [7, 11) is 0. The van der Waals surface area contributed by atoms with Crippen LogP contribution in [0.2, 0.25) is 5.02 Å². The van der Waals surface area contributed by atoms with Crippen molar-refractivity contribution in [1.82, 2.24) is 10.6 Å². The van der Waals surface area contributed by atoms with Gasteiger partial charge < -0.3 is 10.6 Å². The highest BCUT2D eigenvalue weighted by Crippen LogP contribution is 2.09. The van der Waals surface area contributed by atoms with Crippen LogP contribution < -0.4 is 10.6 Å². The molecule has 0 heterocycles. The molecule has 0 aliphatic heterocycles. The summed E-state index contributed by atoms with van der Waals surface area (Å²) in [5.41, 5.74) is 1.15. The van der Waals surface area contributed by atoms with Gasteiger partial charge in [-0.3, -0.25) is 0 Å². The second-order valence-corrected chi connectivity index (χ2v) is 4.82. The van der Waals surface area contributed by atoms with Gasteiger partial charge in [0.1, 0.15) is 0 Å². The average molecular weight is 267 g/mol. The number of halogens is 1. The zero-order chi connectivity index (χ0) is 13.4. The van der Waals surface area contributed by atoms with Gasteiger partial charge in [0.25, 0.3) is 0 Å². The van der Waals surface area contributed by atoms with Crippen LogP contribution in [0, 0.1) is 5.92 Å². The summed E-state index contributed by atoms with van der Waals surface area (Å²) in [5.74, 6) is 0.430. The molecule has 18 heavy (non-hydrogen) atoms. The van der Waals surface area contributed by atoms with Crippen LogP contribution >= 0.6 is 11.6 Å². The third kappa shape index (κ3) is 6.30. The molecular weight excluding hydrogens is 248 g/mol. The quantitative estimate of drug-likeness (QED) is 0.843. The monoisotopic (exact) mass is 266 g/mol. The molecule has 0 aliphatic carbocycles. The zero-order valence-electron chi connectivity index (χ0n) is 10.7. The van der Waals surface area contributed by atoms with Crippen molar-refractivity contribution in [3.63, 3.8) is 0 Å². The maximum Gasteiger partial charge on any atom is 0.318 e. The van der Waals surface area contributed by atoms with E-state index in [9.17, 15) is 4.79 Å². The van der Waals surface area contributed by atoms with Crippen molar-refractivity contribution in [2.45, 2.75) is 20.3 Å². The van der Waals surface area contributed by atoms with E-state index in [1.165, 1.54) is 0 Å². The molecule has 1 aromatic rings. The Bertz CT molecular complexity index is 399. The summed E-state index contributed by atoms with van der Waals surface area (Å²) in [6, 6.07) is 7.44. The second-order valence-electron chi connectivity index (χ2n) is 4.38. The number of benzene rings is 1. The summed E-state index contributed by atoms with van der Waals surface area (Å²) in [4.78, 5) is 11.4. The molecular formula is C14H19ClN2O. The molecule has 0 radical (unpaired) electrons. The van der Waals surface area contributed by atoms with Crippen molar-refractivity contribution in [1.29, 1.82) is 0 Å². The average Bonchev–Trinajstić information content (AvgIpc) is 2.31. The van der Waals surface area contributed by atoms with Crippen LogP contribution in [0.3, 0.4) is 0 Å². The molecule has 0 spiro atoms. The van der Waals surface area contributed by atoms with Crippen LogP contribution in [0.25, 0.3) is 0 Å². The zero-order valence-corrected chi connectivity index (χ0v) is 11.5. The normalized spacial score (nSPS) is 10.9. The van der Waals surface area contributed by atoms with Crippen molar-refractivity contribution >= 4 is 17.6 Å². The first-order valence-corrected chi connectivity index (χ1v) is 6.41. The summed E-state index contributed by atoms with van der Waals surface area (Å²) in [6.07, 6.45) is 4.39. The lowest BCUT2D eigenvalue weighted by Gasteiger charge is -2.05. The molecule has 0 bridgehead atoms. The minimum Gasteiger partial charge on any atom is -0.338 e. The standard InChI is InChI=1S/C14H19ClN2O/c1-11(2)7-9-16-14(18)17-10-8-12-3-5-13(15)6-4-12/h3-7,9,11H,8,10H2,1-2H3,(H2,16,17,18)/b9-7+. The molecule has 1 rings (SSSR count). The number of amides is 2. The van der Waals surface area contributed by atoms with E-state index in [1.807, 2.05) is 30.3 Å². The molecule has 0 unspecified atom stereocenters. The van der Waals surface area contributed by atoms with E-state index < -0.39 is 0 Å². The van der Waals surface area contributed by atoms with Crippen LogP contribution in [0.15, 0.2) is 36.5 Å². The first-order chi connectivity index (χ1) is 8.58. The fourth-order valence-electron chi connectivity index (χ4n) is 1.34. The molecule has 0 saturated carbocycles.